The highest BCUT2D eigenvalue weighted by molar-refractivity contribution is 5.81. The minimum atomic E-state index is -1.05. The van der Waals surface area contributed by atoms with Gasteiger partial charge in [0.25, 0.3) is 0 Å². The van der Waals surface area contributed by atoms with Crippen LogP contribution in [0.1, 0.15) is 26.7 Å². The fourth-order valence-corrected chi connectivity index (χ4v) is 2.00. The molecule has 1 N–H and O–H groups in total. The molecule has 0 saturated carbocycles. The minimum Gasteiger partial charge on any atom is -0.481 e. The molecule has 0 amide bonds. The monoisotopic (exact) mass is 280 g/mol. The minimum absolute atomic E-state index is 0.485. The van der Waals surface area contributed by atoms with Crippen LogP contribution in [0.3, 0.4) is 0 Å². The molecule has 5 heteroatoms. The van der Waals surface area contributed by atoms with Crippen LogP contribution in [0.15, 0.2) is 37.0 Å². The van der Waals surface area contributed by atoms with Gasteiger partial charge in [-0.1, -0.05) is 44.2 Å². The lowest BCUT2D eigenvalue weighted by Gasteiger charge is -2.35. The maximum absolute atomic E-state index is 11.3. The van der Waals surface area contributed by atoms with Gasteiger partial charge in [-0.15, -0.1) is 0 Å². The summed E-state index contributed by atoms with van der Waals surface area (Å²) < 4.78 is 10.9. The summed E-state index contributed by atoms with van der Waals surface area (Å²) in [7, 11) is 0. The Morgan fingerprint density at radius 3 is 2.75 bits per heavy atom. The Morgan fingerprint density at radius 2 is 2.20 bits per heavy atom. The molecule has 0 bridgehead atoms. The standard InChI is InChI=1S/C15H20O5/c1-4-8-13(19-12(16)5-2)20-15(3)10-7-6-9-11(15)14(17)18/h5-7,9-11,13H,2,4,8H2,1,3H3,(H,17,18). The molecule has 20 heavy (non-hydrogen) atoms. The second kappa shape index (κ2) is 7.05. The number of carbonyl (C=O) groups is 2. The van der Waals surface area contributed by atoms with Crippen molar-refractivity contribution in [1.29, 1.82) is 0 Å². The molecule has 3 atom stereocenters. The molecule has 0 aromatic carbocycles. The summed E-state index contributed by atoms with van der Waals surface area (Å²) in [6.07, 6.45) is 8.08. The van der Waals surface area contributed by atoms with E-state index in [1.54, 1.807) is 31.2 Å². The van der Waals surface area contributed by atoms with Crippen LogP contribution in [0.25, 0.3) is 0 Å². The van der Waals surface area contributed by atoms with Gasteiger partial charge in [-0.2, -0.15) is 0 Å². The average molecular weight is 280 g/mol. The van der Waals surface area contributed by atoms with Crippen molar-refractivity contribution in [3.05, 3.63) is 37.0 Å². The van der Waals surface area contributed by atoms with Crippen LogP contribution in [0.5, 0.6) is 0 Å². The first-order valence-electron chi connectivity index (χ1n) is 6.52. The Hall–Kier alpha value is -1.88. The van der Waals surface area contributed by atoms with Gasteiger partial charge in [0.05, 0.1) is 0 Å². The summed E-state index contributed by atoms with van der Waals surface area (Å²) >= 11 is 0. The van der Waals surface area contributed by atoms with Crippen LogP contribution in [0.4, 0.5) is 0 Å². The van der Waals surface area contributed by atoms with Crippen molar-refractivity contribution >= 4 is 11.9 Å². The van der Waals surface area contributed by atoms with Gasteiger partial charge in [0.2, 0.25) is 6.29 Å². The highest BCUT2D eigenvalue weighted by Gasteiger charge is 2.40. The van der Waals surface area contributed by atoms with E-state index >= 15 is 0 Å². The smallest absolute Gasteiger partial charge is 0.332 e. The van der Waals surface area contributed by atoms with E-state index in [0.717, 1.165) is 12.5 Å². The molecule has 1 aliphatic carbocycles. The predicted molar refractivity (Wildman–Crippen MR) is 73.9 cm³/mol. The van der Waals surface area contributed by atoms with E-state index in [0.29, 0.717) is 6.42 Å². The molecule has 110 valence electrons. The highest BCUT2D eigenvalue weighted by atomic mass is 16.7. The average Bonchev–Trinajstić information content (AvgIpc) is 2.38. The highest BCUT2D eigenvalue weighted by Crippen LogP contribution is 2.31. The van der Waals surface area contributed by atoms with Crippen molar-refractivity contribution in [3.8, 4) is 0 Å². The summed E-state index contributed by atoms with van der Waals surface area (Å²) in [5.41, 5.74) is -1.05. The van der Waals surface area contributed by atoms with Gasteiger partial charge in [-0.25, -0.2) is 4.79 Å². The Morgan fingerprint density at radius 1 is 1.50 bits per heavy atom. The summed E-state index contributed by atoms with van der Waals surface area (Å²) in [6, 6.07) is 0. The van der Waals surface area contributed by atoms with Crippen LogP contribution in [0, 0.1) is 5.92 Å². The van der Waals surface area contributed by atoms with E-state index in [4.69, 9.17) is 9.47 Å². The third-order valence-electron chi connectivity index (χ3n) is 3.05. The molecule has 0 aromatic heterocycles. The Kier molecular flexibility index (Phi) is 5.70. The van der Waals surface area contributed by atoms with Gasteiger partial charge >= 0.3 is 11.9 Å². The molecule has 0 aliphatic heterocycles. The molecular formula is C15H20O5. The SMILES string of the molecule is C=CC(=O)OC(CCC)OC1(C)C=CC=CC1C(=O)O. The van der Waals surface area contributed by atoms with Crippen molar-refractivity contribution in [2.24, 2.45) is 5.92 Å². The number of hydrogen-bond acceptors (Lipinski definition) is 4. The van der Waals surface area contributed by atoms with Gasteiger partial charge in [-0.3, -0.25) is 4.79 Å². The summed E-state index contributed by atoms with van der Waals surface area (Å²) in [4.78, 5) is 22.6. The number of ether oxygens (including phenoxy) is 2. The van der Waals surface area contributed by atoms with Gasteiger partial charge in [0.15, 0.2) is 0 Å². The summed E-state index contributed by atoms with van der Waals surface area (Å²) in [5, 5.41) is 9.26. The zero-order chi connectivity index (χ0) is 15.2. The number of esters is 1. The molecule has 1 rings (SSSR count). The van der Waals surface area contributed by atoms with Crippen LogP contribution >= 0.6 is 0 Å². The topological polar surface area (TPSA) is 72.8 Å². The molecule has 5 nitrogen and oxygen atoms in total. The Balaban J connectivity index is 2.86. The van der Waals surface area contributed by atoms with E-state index in [1.165, 1.54) is 0 Å². The molecule has 0 radical (unpaired) electrons. The molecule has 0 aromatic rings. The van der Waals surface area contributed by atoms with E-state index in [9.17, 15) is 14.7 Å². The van der Waals surface area contributed by atoms with Crippen LogP contribution < -0.4 is 0 Å². The normalized spacial score (nSPS) is 26.0. The molecule has 0 spiro atoms. The van der Waals surface area contributed by atoms with Gasteiger partial charge in [0.1, 0.15) is 11.5 Å². The molecule has 1 aliphatic rings. The van der Waals surface area contributed by atoms with Crippen LogP contribution in [0.2, 0.25) is 0 Å². The van der Waals surface area contributed by atoms with E-state index in [-0.39, 0.29) is 0 Å². The molecule has 0 saturated heterocycles. The Labute approximate surface area is 118 Å². The molecule has 0 fully saturated rings. The van der Waals surface area contributed by atoms with Gasteiger partial charge in [-0.05, 0) is 6.92 Å². The number of carboxylic acid groups (broad SMARTS) is 1. The van der Waals surface area contributed by atoms with Crippen molar-refractivity contribution < 1.29 is 24.2 Å². The number of aliphatic carboxylic acids is 1. The third kappa shape index (κ3) is 4.06. The second-order valence-corrected chi connectivity index (χ2v) is 4.72. The lowest BCUT2D eigenvalue weighted by atomic mass is 9.85. The van der Waals surface area contributed by atoms with Gasteiger partial charge < -0.3 is 14.6 Å². The fraction of sp³-hybridized carbons (Fsp3) is 0.467. The second-order valence-electron chi connectivity index (χ2n) is 4.72. The lowest BCUT2D eigenvalue weighted by molar-refractivity contribution is -0.207. The van der Waals surface area contributed by atoms with Crippen LogP contribution in [-0.2, 0) is 19.1 Å². The number of allylic oxidation sites excluding steroid dienone is 2. The first-order chi connectivity index (χ1) is 9.42. The number of carboxylic acids is 1. The zero-order valence-electron chi connectivity index (χ0n) is 11.7. The fourth-order valence-electron chi connectivity index (χ4n) is 2.00. The summed E-state index contributed by atoms with van der Waals surface area (Å²) in [5.74, 6) is -2.40. The molecule has 0 heterocycles. The van der Waals surface area contributed by atoms with E-state index in [2.05, 4.69) is 6.58 Å². The third-order valence-corrected chi connectivity index (χ3v) is 3.05. The molecular weight excluding hydrogens is 260 g/mol. The maximum atomic E-state index is 11.3. The van der Waals surface area contributed by atoms with E-state index < -0.39 is 29.7 Å². The van der Waals surface area contributed by atoms with Crippen LogP contribution in [-0.4, -0.2) is 28.9 Å². The van der Waals surface area contributed by atoms with E-state index in [1.807, 2.05) is 6.92 Å². The Bertz CT molecular complexity index is 438. The van der Waals surface area contributed by atoms with Crippen molar-refractivity contribution in [3.63, 3.8) is 0 Å². The quantitative estimate of drug-likeness (QED) is 0.440. The molecule has 3 unspecified atom stereocenters. The van der Waals surface area contributed by atoms with Crippen molar-refractivity contribution in [2.45, 2.75) is 38.6 Å². The van der Waals surface area contributed by atoms with Crippen molar-refractivity contribution in [1.82, 2.24) is 0 Å². The number of carbonyl (C=O) groups excluding carboxylic acids is 1. The largest absolute Gasteiger partial charge is 0.481 e. The maximum Gasteiger partial charge on any atom is 0.332 e. The first kappa shape index (κ1) is 16.2. The predicted octanol–water partition coefficient (Wildman–Crippen LogP) is 2.44. The number of rotatable bonds is 7. The van der Waals surface area contributed by atoms with Gasteiger partial charge in [0, 0.05) is 12.5 Å². The number of hydrogen-bond donors (Lipinski definition) is 1. The lowest BCUT2D eigenvalue weighted by Crippen LogP contribution is -2.44. The first-order valence-corrected chi connectivity index (χ1v) is 6.52. The summed E-state index contributed by atoms with van der Waals surface area (Å²) in [6.45, 7) is 6.92. The van der Waals surface area contributed by atoms with Crippen molar-refractivity contribution in [2.75, 3.05) is 0 Å². The zero-order valence-corrected chi connectivity index (χ0v) is 11.7.